The minimum absolute atomic E-state index is 0.529. The van der Waals surface area contributed by atoms with Gasteiger partial charge in [0.05, 0.1) is 7.05 Å². The van der Waals surface area contributed by atoms with Crippen LogP contribution in [-0.4, -0.2) is 7.05 Å². The van der Waals surface area contributed by atoms with Gasteiger partial charge in [0.2, 0.25) is 13.5 Å². The van der Waals surface area contributed by atoms with Crippen LogP contribution in [-0.2, 0) is 13.5 Å². The van der Waals surface area contributed by atoms with E-state index in [1.165, 1.54) is 89.1 Å². The van der Waals surface area contributed by atoms with Gasteiger partial charge in [-0.15, -0.1) is 0 Å². The van der Waals surface area contributed by atoms with Crippen molar-refractivity contribution in [2.24, 2.45) is 0 Å². The Labute approximate surface area is 213 Å². The van der Waals surface area contributed by atoms with E-state index < -0.39 is 0 Å². The summed E-state index contributed by atoms with van der Waals surface area (Å²) in [5.74, 6) is 4.42. The van der Waals surface area contributed by atoms with Crippen LogP contribution in [0.25, 0.3) is 21.8 Å². The summed E-state index contributed by atoms with van der Waals surface area (Å²) in [5, 5.41) is 2.66. The van der Waals surface area contributed by atoms with Crippen LogP contribution in [0.1, 0.15) is 55.6 Å². The minimum Gasteiger partial charge on any atom is -0.450 e. The molecule has 0 saturated heterocycles. The average molecular weight is 484 g/mol. The van der Waals surface area contributed by atoms with E-state index in [1.54, 1.807) is 0 Å². The molecule has 0 bridgehead atoms. The number of aryl methyl sites for hydroxylation is 4. The van der Waals surface area contributed by atoms with Crippen molar-refractivity contribution in [1.82, 2.24) is 0 Å². The van der Waals surface area contributed by atoms with Crippen molar-refractivity contribution in [3.63, 3.8) is 0 Å². The second kappa shape index (κ2) is 7.34. The van der Waals surface area contributed by atoms with Gasteiger partial charge in [0.25, 0.3) is 11.6 Å². The molecular weight excluding hydrogens is 446 g/mol. The van der Waals surface area contributed by atoms with Gasteiger partial charge in [-0.2, -0.15) is 14.0 Å². The maximum atomic E-state index is 6.36. The summed E-state index contributed by atoms with van der Waals surface area (Å²) in [6.07, 6.45) is 0. The molecule has 4 heterocycles. The third kappa shape index (κ3) is 2.56. The number of nitrogens with zero attached hydrogens (tertiary/aromatic N) is 3. The van der Waals surface area contributed by atoms with Gasteiger partial charge in [0.15, 0.2) is 22.5 Å². The van der Waals surface area contributed by atoms with Crippen LogP contribution in [0.2, 0.25) is 0 Å². The molecule has 4 aromatic rings. The van der Waals surface area contributed by atoms with Crippen LogP contribution in [0.5, 0.6) is 11.5 Å². The highest BCUT2D eigenvalue weighted by atomic mass is 16.5. The molecule has 0 aliphatic carbocycles. The zero-order chi connectivity index (χ0) is 26.0. The standard InChI is InChI=1S/C31H37N3O2/c1-14-16(3)24-18(5)22(9)30(33-12-35-28(20(14)7)26(24)33)32(11)31-23(10)19(6)25-17(4)15(2)21(8)29-27(25)34(31)13-36-29/h12-13H2,1-11H3/q+2. The van der Waals surface area contributed by atoms with E-state index in [1.807, 2.05) is 0 Å². The summed E-state index contributed by atoms with van der Waals surface area (Å²) >= 11 is 0. The van der Waals surface area contributed by atoms with Crippen molar-refractivity contribution in [2.45, 2.75) is 82.7 Å². The maximum absolute atomic E-state index is 6.36. The molecule has 0 unspecified atom stereocenters. The second-order valence-corrected chi connectivity index (χ2v) is 11.0. The van der Waals surface area contributed by atoms with Crippen molar-refractivity contribution < 1.29 is 18.6 Å². The first kappa shape index (κ1) is 23.1. The molecule has 0 amide bonds. The number of aromatic nitrogens is 2. The third-order valence-electron chi connectivity index (χ3n) is 9.49. The Kier molecular flexibility index (Phi) is 4.71. The molecule has 0 N–H and O–H groups in total. The zero-order valence-corrected chi connectivity index (χ0v) is 23.6. The van der Waals surface area contributed by atoms with Gasteiger partial charge in [-0.1, -0.05) is 0 Å². The molecule has 0 radical (unpaired) electrons. The molecule has 0 saturated carbocycles. The fourth-order valence-corrected chi connectivity index (χ4v) is 6.80. The normalized spacial score (nSPS) is 13.6. The molecule has 2 aliphatic rings. The molecular formula is C31H37N3O2+2. The van der Waals surface area contributed by atoms with Gasteiger partial charge >= 0.3 is 0 Å². The van der Waals surface area contributed by atoms with E-state index in [4.69, 9.17) is 9.47 Å². The highest BCUT2D eigenvalue weighted by Crippen LogP contribution is 2.44. The van der Waals surface area contributed by atoms with E-state index in [9.17, 15) is 0 Å². The molecule has 186 valence electrons. The number of hydrogen-bond donors (Lipinski definition) is 0. The van der Waals surface area contributed by atoms with Crippen molar-refractivity contribution in [3.05, 3.63) is 55.6 Å². The molecule has 2 aromatic heterocycles. The number of benzene rings is 2. The predicted molar refractivity (Wildman–Crippen MR) is 145 cm³/mol. The first-order chi connectivity index (χ1) is 17.0. The molecule has 2 aliphatic heterocycles. The number of hydrogen-bond acceptors (Lipinski definition) is 3. The van der Waals surface area contributed by atoms with Gasteiger partial charge in [0, 0.05) is 21.9 Å². The molecule has 36 heavy (non-hydrogen) atoms. The highest BCUT2D eigenvalue weighted by Gasteiger charge is 2.39. The predicted octanol–water partition coefficient (Wildman–Crippen LogP) is 6.12. The quantitative estimate of drug-likeness (QED) is 0.322. The Morgan fingerprint density at radius 3 is 1.17 bits per heavy atom. The van der Waals surface area contributed by atoms with E-state index in [0.29, 0.717) is 13.5 Å². The summed E-state index contributed by atoms with van der Waals surface area (Å²) in [6, 6.07) is 0. The van der Waals surface area contributed by atoms with Gasteiger partial charge in [-0.05, 0) is 114 Å². The van der Waals surface area contributed by atoms with E-state index in [-0.39, 0.29) is 0 Å². The SMILES string of the molecule is Cc1c(C)c2c3c(c1C)c(C)c(C)c(N(C)c1c(C)c(C)c4c(C)c(C)c(C)c5c4[n+]1CO5)[n+]3CO2. The van der Waals surface area contributed by atoms with Crippen LogP contribution in [0.15, 0.2) is 0 Å². The topological polar surface area (TPSA) is 29.5 Å². The Hall–Kier alpha value is -3.34. The Bertz CT molecular complexity index is 1570. The van der Waals surface area contributed by atoms with Crippen molar-refractivity contribution in [3.8, 4) is 11.5 Å². The molecule has 0 fully saturated rings. The summed E-state index contributed by atoms with van der Waals surface area (Å²) in [7, 11) is 2.20. The van der Waals surface area contributed by atoms with Crippen molar-refractivity contribution in [1.29, 1.82) is 0 Å². The third-order valence-corrected chi connectivity index (χ3v) is 9.49. The average Bonchev–Trinajstić information content (AvgIpc) is 3.47. The highest BCUT2D eigenvalue weighted by molar-refractivity contribution is 5.94. The largest absolute Gasteiger partial charge is 0.450 e. The number of ether oxygens (including phenoxy) is 2. The smallest absolute Gasteiger partial charge is 0.291 e. The summed E-state index contributed by atoms with van der Waals surface area (Å²) < 4.78 is 17.5. The maximum Gasteiger partial charge on any atom is 0.291 e. The van der Waals surface area contributed by atoms with Crippen LogP contribution in [0, 0.1) is 69.2 Å². The lowest BCUT2D eigenvalue weighted by Crippen LogP contribution is -2.46. The van der Waals surface area contributed by atoms with E-state index in [0.717, 1.165) is 11.5 Å². The molecule has 0 spiro atoms. The fourth-order valence-electron chi connectivity index (χ4n) is 6.80. The number of rotatable bonds is 2. The molecule has 2 aromatic carbocycles. The summed E-state index contributed by atoms with van der Waals surface area (Å²) in [6.45, 7) is 23.4. The number of anilines is 2. The minimum atomic E-state index is 0.529. The lowest BCUT2D eigenvalue weighted by molar-refractivity contribution is -0.685. The zero-order valence-electron chi connectivity index (χ0n) is 23.6. The second-order valence-electron chi connectivity index (χ2n) is 11.0. The molecule has 5 heteroatoms. The van der Waals surface area contributed by atoms with Crippen molar-refractivity contribution >= 4 is 33.4 Å². The summed E-state index contributed by atoms with van der Waals surface area (Å²) in [5.41, 5.74) is 15.5. The van der Waals surface area contributed by atoms with Crippen LogP contribution in [0.4, 0.5) is 11.6 Å². The van der Waals surface area contributed by atoms with Gasteiger partial charge in [-0.3, -0.25) is 0 Å². The molecule has 0 atom stereocenters. The van der Waals surface area contributed by atoms with Crippen molar-refractivity contribution in [2.75, 3.05) is 11.9 Å². The first-order valence-electron chi connectivity index (χ1n) is 12.9. The van der Waals surface area contributed by atoms with Gasteiger partial charge < -0.3 is 9.47 Å². The lowest BCUT2D eigenvalue weighted by Gasteiger charge is -2.22. The lowest BCUT2D eigenvalue weighted by atomic mass is 9.92. The molecule has 5 nitrogen and oxygen atoms in total. The van der Waals surface area contributed by atoms with Crippen LogP contribution >= 0.6 is 0 Å². The van der Waals surface area contributed by atoms with Crippen LogP contribution < -0.4 is 23.5 Å². The first-order valence-corrected chi connectivity index (χ1v) is 12.9. The number of pyridine rings is 2. The summed E-state index contributed by atoms with van der Waals surface area (Å²) in [4.78, 5) is 2.37. The van der Waals surface area contributed by atoms with E-state index in [2.05, 4.69) is 90.3 Å². The fraction of sp³-hybridized carbons (Fsp3) is 0.419. The monoisotopic (exact) mass is 483 g/mol. The van der Waals surface area contributed by atoms with Gasteiger partial charge in [0.1, 0.15) is 0 Å². The van der Waals surface area contributed by atoms with E-state index >= 15 is 0 Å². The Morgan fingerprint density at radius 2 is 0.806 bits per heavy atom. The van der Waals surface area contributed by atoms with Crippen LogP contribution in [0.3, 0.4) is 0 Å². The Balaban J connectivity index is 1.71. The van der Waals surface area contributed by atoms with Gasteiger partial charge in [-0.25, -0.2) is 0 Å². The Morgan fingerprint density at radius 1 is 0.472 bits per heavy atom. The molecule has 6 rings (SSSR count).